The zero-order valence-electron chi connectivity index (χ0n) is 9.23. The zero-order valence-corrected chi connectivity index (χ0v) is 10.0. The maximum absolute atomic E-state index is 11.4. The molecule has 0 saturated carbocycles. The lowest BCUT2D eigenvalue weighted by molar-refractivity contribution is 0.448. The van der Waals surface area contributed by atoms with Crippen molar-refractivity contribution in [3.63, 3.8) is 0 Å². The van der Waals surface area contributed by atoms with Crippen LogP contribution in [0.5, 0.6) is 0 Å². The fourth-order valence-electron chi connectivity index (χ4n) is 1.45. The Kier molecular flexibility index (Phi) is 3.93. The molecule has 0 fully saturated rings. The lowest BCUT2D eigenvalue weighted by Gasteiger charge is -2.20. The SMILES string of the molecule is CNC(Cc1ccco1)C(C)S(C)(=O)=O. The van der Waals surface area contributed by atoms with Gasteiger partial charge in [-0.1, -0.05) is 0 Å². The van der Waals surface area contributed by atoms with Gasteiger partial charge in [0.2, 0.25) is 0 Å². The molecule has 4 nitrogen and oxygen atoms in total. The van der Waals surface area contributed by atoms with E-state index in [4.69, 9.17) is 4.42 Å². The van der Waals surface area contributed by atoms with E-state index >= 15 is 0 Å². The first kappa shape index (κ1) is 12.3. The number of nitrogens with one attached hydrogen (secondary N) is 1. The van der Waals surface area contributed by atoms with E-state index < -0.39 is 15.1 Å². The van der Waals surface area contributed by atoms with Crippen molar-refractivity contribution in [3.8, 4) is 0 Å². The molecule has 5 heteroatoms. The summed E-state index contributed by atoms with van der Waals surface area (Å²) in [7, 11) is -1.26. The largest absolute Gasteiger partial charge is 0.469 e. The van der Waals surface area contributed by atoms with E-state index in [0.29, 0.717) is 6.42 Å². The van der Waals surface area contributed by atoms with Gasteiger partial charge in [-0.15, -0.1) is 0 Å². The summed E-state index contributed by atoms with van der Waals surface area (Å²) in [6.07, 6.45) is 3.43. The minimum absolute atomic E-state index is 0.119. The molecule has 86 valence electrons. The Bertz CT molecular complexity index is 383. The number of sulfone groups is 1. The monoisotopic (exact) mass is 231 g/mol. The van der Waals surface area contributed by atoms with Crippen LogP contribution in [0.4, 0.5) is 0 Å². The topological polar surface area (TPSA) is 59.3 Å². The molecule has 0 aliphatic heterocycles. The van der Waals surface area contributed by atoms with Gasteiger partial charge in [-0.2, -0.15) is 0 Å². The average Bonchev–Trinajstić information content (AvgIpc) is 2.64. The first-order valence-electron chi connectivity index (χ1n) is 4.83. The maximum Gasteiger partial charge on any atom is 0.151 e. The molecular formula is C10H17NO3S. The summed E-state index contributed by atoms with van der Waals surface area (Å²) < 4.78 is 28.0. The van der Waals surface area contributed by atoms with Crippen molar-refractivity contribution in [1.29, 1.82) is 0 Å². The molecule has 0 saturated heterocycles. The van der Waals surface area contributed by atoms with Crippen LogP contribution in [0.25, 0.3) is 0 Å². The second-order valence-corrected chi connectivity index (χ2v) is 6.12. The highest BCUT2D eigenvalue weighted by molar-refractivity contribution is 7.91. The molecular weight excluding hydrogens is 214 g/mol. The molecule has 0 aliphatic rings. The van der Waals surface area contributed by atoms with Gasteiger partial charge >= 0.3 is 0 Å². The highest BCUT2D eigenvalue weighted by atomic mass is 32.2. The van der Waals surface area contributed by atoms with E-state index in [9.17, 15) is 8.42 Å². The number of hydrogen-bond acceptors (Lipinski definition) is 4. The van der Waals surface area contributed by atoms with Gasteiger partial charge in [-0.05, 0) is 26.1 Å². The van der Waals surface area contributed by atoms with Gasteiger partial charge in [0.1, 0.15) is 5.76 Å². The van der Waals surface area contributed by atoms with E-state index in [1.165, 1.54) is 6.26 Å². The van der Waals surface area contributed by atoms with Crippen molar-refractivity contribution in [2.45, 2.75) is 24.6 Å². The predicted octanol–water partition coefficient (Wildman–Crippen LogP) is 0.843. The fourth-order valence-corrected chi connectivity index (χ4v) is 2.28. The van der Waals surface area contributed by atoms with Crippen LogP contribution < -0.4 is 5.32 Å². The second kappa shape index (κ2) is 4.81. The molecule has 1 heterocycles. The van der Waals surface area contributed by atoms with Crippen molar-refractivity contribution in [1.82, 2.24) is 5.32 Å². The Balaban J connectivity index is 2.73. The number of furan rings is 1. The summed E-state index contributed by atoms with van der Waals surface area (Å²) >= 11 is 0. The Hall–Kier alpha value is -0.810. The van der Waals surface area contributed by atoms with E-state index in [0.717, 1.165) is 5.76 Å². The molecule has 0 aromatic carbocycles. The molecule has 2 unspecified atom stereocenters. The summed E-state index contributed by atoms with van der Waals surface area (Å²) in [6.45, 7) is 1.71. The van der Waals surface area contributed by atoms with Gasteiger partial charge < -0.3 is 9.73 Å². The molecule has 1 aromatic heterocycles. The maximum atomic E-state index is 11.4. The van der Waals surface area contributed by atoms with Crippen LogP contribution in [0.3, 0.4) is 0 Å². The first-order chi connectivity index (χ1) is 6.95. The Morgan fingerprint density at radius 3 is 2.60 bits per heavy atom. The summed E-state index contributed by atoms with van der Waals surface area (Å²) in [5.74, 6) is 0.796. The molecule has 0 spiro atoms. The van der Waals surface area contributed by atoms with Crippen molar-refractivity contribution in [3.05, 3.63) is 24.2 Å². The normalized spacial score (nSPS) is 16.2. The Morgan fingerprint density at radius 1 is 1.53 bits per heavy atom. The van der Waals surface area contributed by atoms with Crippen LogP contribution in [-0.2, 0) is 16.3 Å². The average molecular weight is 231 g/mol. The molecule has 15 heavy (non-hydrogen) atoms. The van der Waals surface area contributed by atoms with Crippen LogP contribution in [0.1, 0.15) is 12.7 Å². The summed E-state index contributed by atoms with van der Waals surface area (Å²) in [5, 5.41) is 2.58. The van der Waals surface area contributed by atoms with E-state index in [-0.39, 0.29) is 6.04 Å². The molecule has 2 atom stereocenters. The minimum Gasteiger partial charge on any atom is -0.469 e. The molecule has 0 bridgehead atoms. The lowest BCUT2D eigenvalue weighted by atomic mass is 10.1. The molecule has 1 rings (SSSR count). The fraction of sp³-hybridized carbons (Fsp3) is 0.600. The number of rotatable bonds is 5. The highest BCUT2D eigenvalue weighted by Gasteiger charge is 2.25. The van der Waals surface area contributed by atoms with Crippen LogP contribution in [0.15, 0.2) is 22.8 Å². The lowest BCUT2D eigenvalue weighted by Crippen LogP contribution is -2.41. The van der Waals surface area contributed by atoms with Crippen molar-refractivity contribution in [2.75, 3.05) is 13.3 Å². The standard InChI is InChI=1S/C10H17NO3S/c1-8(15(3,12)13)10(11-2)7-9-5-4-6-14-9/h4-6,8,10-11H,7H2,1-3H3. The Labute approximate surface area is 90.6 Å². The summed E-state index contributed by atoms with van der Waals surface area (Å²) in [5.41, 5.74) is 0. The molecule has 1 aromatic rings. The highest BCUT2D eigenvalue weighted by Crippen LogP contribution is 2.11. The van der Waals surface area contributed by atoms with Crippen molar-refractivity contribution >= 4 is 9.84 Å². The zero-order chi connectivity index (χ0) is 11.5. The van der Waals surface area contributed by atoms with E-state index in [1.54, 1.807) is 26.3 Å². The van der Waals surface area contributed by atoms with Crippen LogP contribution in [0, 0.1) is 0 Å². The molecule has 0 amide bonds. The van der Waals surface area contributed by atoms with Crippen molar-refractivity contribution in [2.24, 2.45) is 0 Å². The van der Waals surface area contributed by atoms with E-state index in [1.807, 2.05) is 6.07 Å². The van der Waals surface area contributed by atoms with Crippen molar-refractivity contribution < 1.29 is 12.8 Å². The Morgan fingerprint density at radius 2 is 2.20 bits per heavy atom. The second-order valence-electron chi connectivity index (χ2n) is 3.71. The summed E-state index contributed by atoms with van der Waals surface area (Å²) in [4.78, 5) is 0. The van der Waals surface area contributed by atoms with Gasteiger partial charge in [0, 0.05) is 18.7 Å². The van der Waals surface area contributed by atoms with Gasteiger partial charge in [0.15, 0.2) is 9.84 Å². The third-order valence-corrected chi connectivity index (χ3v) is 4.29. The van der Waals surface area contributed by atoms with Gasteiger partial charge in [-0.3, -0.25) is 0 Å². The molecule has 1 N–H and O–H groups in total. The third kappa shape index (κ3) is 3.35. The van der Waals surface area contributed by atoms with Gasteiger partial charge in [0.05, 0.1) is 11.5 Å². The third-order valence-electron chi connectivity index (χ3n) is 2.61. The summed E-state index contributed by atoms with van der Waals surface area (Å²) in [6, 6.07) is 3.53. The van der Waals surface area contributed by atoms with Crippen LogP contribution in [0.2, 0.25) is 0 Å². The van der Waals surface area contributed by atoms with Crippen LogP contribution >= 0.6 is 0 Å². The first-order valence-corrected chi connectivity index (χ1v) is 6.79. The molecule has 0 radical (unpaired) electrons. The van der Waals surface area contributed by atoms with Crippen LogP contribution in [-0.4, -0.2) is 33.0 Å². The van der Waals surface area contributed by atoms with E-state index in [2.05, 4.69) is 5.32 Å². The minimum atomic E-state index is -3.02. The molecule has 0 aliphatic carbocycles. The van der Waals surface area contributed by atoms with Gasteiger partial charge in [-0.25, -0.2) is 8.42 Å². The number of likely N-dealkylation sites (N-methyl/N-ethyl adjacent to an activating group) is 1. The predicted molar refractivity (Wildman–Crippen MR) is 59.6 cm³/mol. The number of hydrogen-bond donors (Lipinski definition) is 1. The van der Waals surface area contributed by atoms with Gasteiger partial charge in [0.25, 0.3) is 0 Å². The quantitative estimate of drug-likeness (QED) is 0.816. The smallest absolute Gasteiger partial charge is 0.151 e.